The van der Waals surface area contributed by atoms with E-state index in [1.54, 1.807) is 6.08 Å². The molecule has 1 heterocycles. The molecule has 0 bridgehead atoms. The molecule has 142 valence electrons. The summed E-state index contributed by atoms with van der Waals surface area (Å²) in [5, 5.41) is 0. The summed E-state index contributed by atoms with van der Waals surface area (Å²) in [7, 11) is 0. The van der Waals surface area contributed by atoms with Crippen molar-refractivity contribution < 1.29 is 0 Å². The van der Waals surface area contributed by atoms with Crippen LogP contribution in [0, 0.1) is 5.92 Å². The highest BCUT2D eigenvalue weighted by Gasteiger charge is 2.19. The standard InChI is InChI=1S/C23H35N3/c1-6-7-8-9-23(24)26-14-12-25(13-15-26)21-11-10-20(16-18(2)3)22(17-21)19(4)5/h6-11,17-19H,1,12-16,24H2,2-5H3/b8-7-,23-9+. The van der Waals surface area contributed by atoms with Crippen LogP contribution in [0.25, 0.3) is 0 Å². The SMILES string of the molecule is C=C/C=C\C=C(/N)N1CCN(c2ccc(CC(C)C)c(C(C)C)c2)CC1. The first-order valence-electron chi connectivity index (χ1n) is 9.80. The number of piperazine rings is 1. The van der Waals surface area contributed by atoms with Gasteiger partial charge in [0.15, 0.2) is 0 Å². The topological polar surface area (TPSA) is 32.5 Å². The van der Waals surface area contributed by atoms with E-state index in [0.29, 0.717) is 11.8 Å². The van der Waals surface area contributed by atoms with Crippen molar-refractivity contribution in [2.24, 2.45) is 11.7 Å². The first-order valence-corrected chi connectivity index (χ1v) is 9.80. The van der Waals surface area contributed by atoms with Gasteiger partial charge in [0.25, 0.3) is 0 Å². The van der Waals surface area contributed by atoms with E-state index in [-0.39, 0.29) is 0 Å². The second-order valence-corrected chi connectivity index (χ2v) is 7.82. The minimum atomic E-state index is 0.556. The highest BCUT2D eigenvalue weighted by molar-refractivity contribution is 5.52. The quantitative estimate of drug-likeness (QED) is 0.723. The van der Waals surface area contributed by atoms with Crippen LogP contribution in [0.1, 0.15) is 44.7 Å². The van der Waals surface area contributed by atoms with Gasteiger partial charge in [-0.25, -0.2) is 0 Å². The van der Waals surface area contributed by atoms with Crippen molar-refractivity contribution in [3.63, 3.8) is 0 Å². The van der Waals surface area contributed by atoms with Crippen molar-refractivity contribution in [1.82, 2.24) is 4.90 Å². The number of rotatable bonds is 7. The van der Waals surface area contributed by atoms with Gasteiger partial charge >= 0.3 is 0 Å². The molecule has 26 heavy (non-hydrogen) atoms. The average Bonchev–Trinajstić information content (AvgIpc) is 2.61. The molecule has 2 rings (SSSR count). The second-order valence-electron chi connectivity index (χ2n) is 7.82. The lowest BCUT2D eigenvalue weighted by Gasteiger charge is -2.37. The molecule has 0 saturated carbocycles. The number of benzene rings is 1. The van der Waals surface area contributed by atoms with Gasteiger partial charge in [-0.1, -0.05) is 58.6 Å². The Hall–Kier alpha value is -2.16. The summed E-state index contributed by atoms with van der Waals surface area (Å²) in [6.07, 6.45) is 8.71. The lowest BCUT2D eigenvalue weighted by Crippen LogP contribution is -2.47. The smallest absolute Gasteiger partial charge is 0.0987 e. The molecule has 1 aromatic carbocycles. The first-order chi connectivity index (χ1) is 12.4. The average molecular weight is 354 g/mol. The normalized spacial score (nSPS) is 16.2. The molecule has 0 amide bonds. The molecule has 1 aliphatic heterocycles. The van der Waals surface area contributed by atoms with Crippen molar-refractivity contribution in [3.05, 3.63) is 66.0 Å². The van der Waals surface area contributed by atoms with Gasteiger partial charge in [-0.2, -0.15) is 0 Å². The number of hydrogen-bond donors (Lipinski definition) is 1. The summed E-state index contributed by atoms with van der Waals surface area (Å²) >= 11 is 0. The van der Waals surface area contributed by atoms with Gasteiger partial charge in [0.2, 0.25) is 0 Å². The molecule has 0 aromatic heterocycles. The molecular formula is C23H35N3. The van der Waals surface area contributed by atoms with E-state index in [4.69, 9.17) is 5.73 Å². The minimum absolute atomic E-state index is 0.556. The number of nitrogens with zero attached hydrogens (tertiary/aromatic N) is 2. The third-order valence-corrected chi connectivity index (χ3v) is 4.90. The van der Waals surface area contributed by atoms with Gasteiger partial charge in [-0.15, -0.1) is 0 Å². The molecule has 1 aliphatic rings. The van der Waals surface area contributed by atoms with Gasteiger partial charge in [0.1, 0.15) is 0 Å². The summed E-state index contributed by atoms with van der Waals surface area (Å²) in [5.74, 6) is 2.07. The Bertz CT molecular complexity index is 647. The molecule has 0 radical (unpaired) electrons. The Morgan fingerprint density at radius 2 is 1.81 bits per heavy atom. The monoisotopic (exact) mass is 353 g/mol. The van der Waals surface area contributed by atoms with Crippen LogP contribution in [-0.4, -0.2) is 31.1 Å². The van der Waals surface area contributed by atoms with E-state index in [9.17, 15) is 0 Å². The van der Waals surface area contributed by atoms with Crippen molar-refractivity contribution in [2.75, 3.05) is 31.1 Å². The van der Waals surface area contributed by atoms with E-state index in [2.05, 4.69) is 62.3 Å². The lowest BCUT2D eigenvalue weighted by atomic mass is 9.91. The molecule has 3 heteroatoms. The highest BCUT2D eigenvalue weighted by Crippen LogP contribution is 2.28. The van der Waals surface area contributed by atoms with E-state index >= 15 is 0 Å². The Balaban J connectivity index is 2.07. The molecular weight excluding hydrogens is 318 g/mol. The molecule has 1 aromatic rings. The van der Waals surface area contributed by atoms with Crippen molar-refractivity contribution in [3.8, 4) is 0 Å². The van der Waals surface area contributed by atoms with Crippen LogP contribution < -0.4 is 10.6 Å². The fourth-order valence-corrected chi connectivity index (χ4v) is 3.50. The van der Waals surface area contributed by atoms with Crippen LogP contribution >= 0.6 is 0 Å². The minimum Gasteiger partial charge on any atom is -0.385 e. The van der Waals surface area contributed by atoms with Crippen LogP contribution in [-0.2, 0) is 6.42 Å². The van der Waals surface area contributed by atoms with Crippen LogP contribution in [0.5, 0.6) is 0 Å². The molecule has 3 nitrogen and oxygen atoms in total. The first kappa shape index (κ1) is 20.2. The van der Waals surface area contributed by atoms with E-state index in [0.717, 1.165) is 38.4 Å². The zero-order chi connectivity index (χ0) is 19.1. The summed E-state index contributed by atoms with van der Waals surface area (Å²) in [6.45, 7) is 16.8. The number of hydrogen-bond acceptors (Lipinski definition) is 3. The zero-order valence-corrected chi connectivity index (χ0v) is 16.9. The summed E-state index contributed by atoms with van der Waals surface area (Å²) in [5.41, 5.74) is 10.5. The molecule has 0 unspecified atom stereocenters. The van der Waals surface area contributed by atoms with E-state index in [1.165, 1.54) is 16.8 Å². The largest absolute Gasteiger partial charge is 0.385 e. The van der Waals surface area contributed by atoms with Crippen LogP contribution in [0.3, 0.4) is 0 Å². The van der Waals surface area contributed by atoms with Gasteiger partial charge in [0.05, 0.1) is 5.82 Å². The molecule has 0 spiro atoms. The fraction of sp³-hybridized carbons (Fsp3) is 0.478. The van der Waals surface area contributed by atoms with E-state index < -0.39 is 0 Å². The number of allylic oxidation sites excluding steroid dienone is 4. The predicted octanol–water partition coefficient (Wildman–Crippen LogP) is 4.67. The van der Waals surface area contributed by atoms with Gasteiger partial charge in [-0.3, -0.25) is 0 Å². The Morgan fingerprint density at radius 3 is 2.38 bits per heavy atom. The Labute approximate surface area is 159 Å². The van der Waals surface area contributed by atoms with Gasteiger partial charge < -0.3 is 15.5 Å². The van der Waals surface area contributed by atoms with Gasteiger partial charge in [-0.05, 0) is 47.6 Å². The number of nitrogens with two attached hydrogens (primary N) is 1. The van der Waals surface area contributed by atoms with Crippen LogP contribution in [0.2, 0.25) is 0 Å². The number of anilines is 1. The van der Waals surface area contributed by atoms with Crippen LogP contribution in [0.4, 0.5) is 5.69 Å². The maximum absolute atomic E-state index is 6.19. The third-order valence-electron chi connectivity index (χ3n) is 4.90. The molecule has 1 fully saturated rings. The van der Waals surface area contributed by atoms with Crippen LogP contribution in [0.15, 0.2) is 54.9 Å². The second kappa shape index (κ2) is 9.51. The van der Waals surface area contributed by atoms with Gasteiger partial charge in [0, 0.05) is 31.9 Å². The fourth-order valence-electron chi connectivity index (χ4n) is 3.50. The third kappa shape index (κ3) is 5.42. The molecule has 0 aliphatic carbocycles. The maximum Gasteiger partial charge on any atom is 0.0987 e. The maximum atomic E-state index is 6.19. The Kier molecular flexibility index (Phi) is 7.38. The van der Waals surface area contributed by atoms with Crippen molar-refractivity contribution in [2.45, 2.75) is 40.0 Å². The van der Waals surface area contributed by atoms with Crippen molar-refractivity contribution >= 4 is 5.69 Å². The molecule has 2 N–H and O–H groups in total. The predicted molar refractivity (Wildman–Crippen MR) is 114 cm³/mol. The molecule has 1 saturated heterocycles. The lowest BCUT2D eigenvalue weighted by molar-refractivity contribution is 0.318. The zero-order valence-electron chi connectivity index (χ0n) is 16.9. The highest BCUT2D eigenvalue weighted by atomic mass is 15.3. The van der Waals surface area contributed by atoms with E-state index in [1.807, 2.05) is 18.2 Å². The summed E-state index contributed by atoms with van der Waals surface area (Å²) in [4.78, 5) is 4.73. The summed E-state index contributed by atoms with van der Waals surface area (Å²) < 4.78 is 0. The summed E-state index contributed by atoms with van der Waals surface area (Å²) in [6, 6.07) is 7.04. The van der Waals surface area contributed by atoms with Crippen molar-refractivity contribution in [1.29, 1.82) is 0 Å². The Morgan fingerprint density at radius 1 is 1.12 bits per heavy atom. The molecule has 0 atom stereocenters.